The number of halogens is 4. The van der Waals surface area contributed by atoms with Crippen LogP contribution in [0.25, 0.3) is 5.52 Å². The number of piperazine rings is 1. The molecule has 5 rings (SSSR count). The van der Waals surface area contributed by atoms with Gasteiger partial charge >= 0.3 is 0 Å². The van der Waals surface area contributed by atoms with Gasteiger partial charge in [0.05, 0.1) is 12.6 Å². The van der Waals surface area contributed by atoms with Gasteiger partial charge in [0.1, 0.15) is 30.0 Å². The summed E-state index contributed by atoms with van der Waals surface area (Å²) in [6.45, 7) is 7.34. The second-order valence-electron chi connectivity index (χ2n) is 10.0. The molecule has 44 heavy (non-hydrogen) atoms. The number of rotatable bonds is 9. The third kappa shape index (κ3) is 8.96. The molecule has 0 spiro atoms. The van der Waals surface area contributed by atoms with E-state index in [9.17, 15) is 9.18 Å². The average molecular weight is 669 g/mol. The number of nitrogens with zero attached hydrogens (tertiary/aromatic N) is 5. The number of anilines is 1. The highest BCUT2D eigenvalue weighted by Crippen LogP contribution is 2.33. The molecule has 0 aliphatic carbocycles. The molecule has 1 saturated heterocycles. The fourth-order valence-electron chi connectivity index (χ4n) is 4.57. The predicted octanol–water partition coefficient (Wildman–Crippen LogP) is 4.63. The van der Waals surface area contributed by atoms with E-state index in [4.69, 9.17) is 21.7 Å². The number of hydrogen-bond acceptors (Lipinski definition) is 8. The molecule has 0 unspecified atom stereocenters. The number of ether oxygens (including phenoxy) is 2. The molecule has 2 aromatic heterocycles. The first kappa shape index (κ1) is 34.9. The highest BCUT2D eigenvalue weighted by molar-refractivity contribution is 7.80. The lowest BCUT2D eigenvalue weighted by Gasteiger charge is -2.32. The van der Waals surface area contributed by atoms with Crippen LogP contribution in [0.4, 0.5) is 14.5 Å². The maximum Gasteiger partial charge on any atom is 0.247 e. The molecule has 1 amide bonds. The van der Waals surface area contributed by atoms with Crippen LogP contribution in [-0.2, 0) is 11.2 Å². The van der Waals surface area contributed by atoms with Crippen LogP contribution in [0.2, 0.25) is 0 Å². The molecule has 0 bridgehead atoms. The van der Waals surface area contributed by atoms with Gasteiger partial charge in [0.15, 0.2) is 16.7 Å². The first-order chi connectivity index (χ1) is 20.2. The molecule has 1 aliphatic heterocycles. The van der Waals surface area contributed by atoms with Crippen molar-refractivity contribution in [2.45, 2.75) is 13.3 Å². The van der Waals surface area contributed by atoms with Crippen molar-refractivity contribution in [1.29, 1.82) is 0 Å². The minimum absolute atomic E-state index is 0. The molecule has 1 fully saturated rings. The summed E-state index contributed by atoms with van der Waals surface area (Å²) in [6.07, 6.45) is 3.10. The Morgan fingerprint density at radius 3 is 2.48 bits per heavy atom. The Morgan fingerprint density at radius 1 is 1.05 bits per heavy atom. The molecular formula is C29H33Cl2F2N7O3S. The first-order valence-electron chi connectivity index (χ1n) is 13.4. The van der Waals surface area contributed by atoms with Gasteiger partial charge in [-0.3, -0.25) is 9.69 Å². The topological polar surface area (TPSA) is 96.3 Å². The fraction of sp³-hybridized carbons (Fsp3) is 0.310. The van der Waals surface area contributed by atoms with Gasteiger partial charge in [-0.2, -0.15) is 10.1 Å². The lowest BCUT2D eigenvalue weighted by atomic mass is 10.1. The minimum atomic E-state index is -0.662. The lowest BCUT2D eigenvalue weighted by molar-refractivity contribution is -0.119. The first-order valence-corrected chi connectivity index (χ1v) is 13.9. The Bertz CT molecular complexity index is 1590. The second kappa shape index (κ2) is 15.9. The number of carbonyl (C=O) groups is 1. The number of benzene rings is 2. The van der Waals surface area contributed by atoms with Crippen LogP contribution >= 0.6 is 37.0 Å². The van der Waals surface area contributed by atoms with Crippen molar-refractivity contribution in [3.05, 3.63) is 77.8 Å². The zero-order valence-corrected chi connectivity index (χ0v) is 26.5. The quantitative estimate of drug-likeness (QED) is 0.248. The largest absolute Gasteiger partial charge is 0.490 e. The Balaban J connectivity index is 0.00000264. The van der Waals surface area contributed by atoms with Gasteiger partial charge in [0.25, 0.3) is 0 Å². The van der Waals surface area contributed by atoms with E-state index in [1.807, 2.05) is 6.92 Å². The molecule has 0 atom stereocenters. The summed E-state index contributed by atoms with van der Waals surface area (Å²) >= 11 is 5.18. The molecule has 236 valence electrons. The highest BCUT2D eigenvalue weighted by atomic mass is 35.5. The van der Waals surface area contributed by atoms with Crippen molar-refractivity contribution in [3.8, 4) is 17.4 Å². The molecule has 2 N–H and O–H groups in total. The van der Waals surface area contributed by atoms with E-state index in [0.29, 0.717) is 29.1 Å². The van der Waals surface area contributed by atoms with Gasteiger partial charge in [0, 0.05) is 50.0 Å². The van der Waals surface area contributed by atoms with Crippen LogP contribution in [0.15, 0.2) is 55.0 Å². The standard InChI is InChI=1S/C29H31F2N7O3S.2ClH/c1-19-25(40-14-13-37-11-9-36(2)10-12-37)17-38-27(19)28(32-18-33-38)41-24-8-7-22(16-23(24)31)34-29(42)35-26(39)15-20-3-5-21(30)6-4-20;;/h3-8,16-18H,9-15H2,1-2H3,(H2,34,35,39,42);2*1H. The number of nitrogens with one attached hydrogen (secondary N) is 2. The third-order valence-electron chi connectivity index (χ3n) is 6.94. The van der Waals surface area contributed by atoms with Gasteiger partial charge < -0.3 is 25.0 Å². The zero-order chi connectivity index (χ0) is 29.6. The second-order valence-corrected chi connectivity index (χ2v) is 10.4. The van der Waals surface area contributed by atoms with Crippen LogP contribution in [0, 0.1) is 18.6 Å². The van der Waals surface area contributed by atoms with Crippen LogP contribution in [0.5, 0.6) is 17.4 Å². The molecule has 3 heterocycles. The van der Waals surface area contributed by atoms with Gasteiger partial charge in [0.2, 0.25) is 11.8 Å². The van der Waals surface area contributed by atoms with E-state index in [0.717, 1.165) is 38.3 Å². The number of aromatic nitrogens is 3. The number of aryl methyl sites for hydroxylation is 1. The number of amides is 1. The van der Waals surface area contributed by atoms with E-state index >= 15 is 4.39 Å². The Labute approximate surface area is 271 Å². The maximum atomic E-state index is 15.0. The number of fused-ring (bicyclic) bond motifs is 1. The minimum Gasteiger partial charge on any atom is -0.490 e. The molecule has 15 heteroatoms. The summed E-state index contributed by atoms with van der Waals surface area (Å²) in [5.41, 5.74) is 2.29. The van der Waals surface area contributed by atoms with E-state index in [2.05, 4.69) is 37.6 Å². The Morgan fingerprint density at radius 2 is 1.77 bits per heavy atom. The van der Waals surface area contributed by atoms with Crippen LogP contribution in [0.1, 0.15) is 11.1 Å². The smallest absolute Gasteiger partial charge is 0.247 e. The van der Waals surface area contributed by atoms with Crippen molar-refractivity contribution >= 4 is 59.3 Å². The number of thiocarbonyl (C=S) groups is 1. The Hall–Kier alpha value is -3.62. The zero-order valence-electron chi connectivity index (χ0n) is 24.1. The predicted molar refractivity (Wildman–Crippen MR) is 173 cm³/mol. The van der Waals surface area contributed by atoms with E-state index in [1.165, 1.54) is 42.7 Å². The van der Waals surface area contributed by atoms with Gasteiger partial charge in [-0.1, -0.05) is 12.1 Å². The van der Waals surface area contributed by atoms with Crippen molar-refractivity contribution in [2.75, 3.05) is 51.7 Å². The molecule has 2 aromatic carbocycles. The summed E-state index contributed by atoms with van der Waals surface area (Å²) in [4.78, 5) is 21.2. The average Bonchev–Trinajstić information content (AvgIpc) is 3.28. The highest BCUT2D eigenvalue weighted by Gasteiger charge is 2.18. The molecule has 1 aliphatic rings. The van der Waals surface area contributed by atoms with Crippen molar-refractivity contribution in [2.24, 2.45) is 0 Å². The van der Waals surface area contributed by atoms with E-state index in [1.54, 1.807) is 16.8 Å². The fourth-order valence-corrected chi connectivity index (χ4v) is 4.80. The molecule has 0 radical (unpaired) electrons. The summed E-state index contributed by atoms with van der Waals surface area (Å²) in [5.74, 6) is -0.651. The van der Waals surface area contributed by atoms with Gasteiger partial charge in [-0.25, -0.2) is 13.3 Å². The summed E-state index contributed by atoms with van der Waals surface area (Å²) < 4.78 is 41.6. The summed E-state index contributed by atoms with van der Waals surface area (Å²) in [5, 5.41) is 9.56. The number of carbonyl (C=O) groups excluding carboxylic acids is 1. The molecule has 0 saturated carbocycles. The number of hydrogen-bond donors (Lipinski definition) is 2. The van der Waals surface area contributed by atoms with Crippen molar-refractivity contribution < 1.29 is 23.0 Å². The number of likely N-dealkylation sites (N-methyl/N-ethyl adjacent to an activating group) is 1. The van der Waals surface area contributed by atoms with E-state index < -0.39 is 11.7 Å². The van der Waals surface area contributed by atoms with Crippen molar-refractivity contribution in [1.82, 2.24) is 29.7 Å². The van der Waals surface area contributed by atoms with Gasteiger partial charge in [-0.15, -0.1) is 24.8 Å². The van der Waals surface area contributed by atoms with Crippen molar-refractivity contribution in [3.63, 3.8) is 0 Å². The molecular weight excluding hydrogens is 635 g/mol. The van der Waals surface area contributed by atoms with Gasteiger partial charge in [-0.05, 0) is 56.0 Å². The van der Waals surface area contributed by atoms with Crippen LogP contribution in [0.3, 0.4) is 0 Å². The van der Waals surface area contributed by atoms with Crippen LogP contribution < -0.4 is 20.1 Å². The molecule has 10 nitrogen and oxygen atoms in total. The summed E-state index contributed by atoms with van der Waals surface area (Å²) in [7, 11) is 2.12. The normalized spacial score (nSPS) is 13.5. The monoisotopic (exact) mass is 667 g/mol. The Kier molecular flexibility index (Phi) is 12.6. The molecule has 4 aromatic rings. The third-order valence-corrected chi connectivity index (χ3v) is 7.14. The maximum absolute atomic E-state index is 15.0. The summed E-state index contributed by atoms with van der Waals surface area (Å²) in [6, 6.07) is 9.79. The SMILES string of the molecule is Cc1c(OCCN2CCN(C)CC2)cn2ncnc(Oc3ccc(NC(=S)NC(=O)Cc4ccc(F)cc4)cc3F)c12.Cl.Cl. The van der Waals surface area contributed by atoms with E-state index in [-0.39, 0.29) is 53.8 Å². The van der Waals surface area contributed by atoms with Crippen LogP contribution in [-0.4, -0.2) is 81.8 Å². The lowest BCUT2D eigenvalue weighted by Crippen LogP contribution is -2.45.